The highest BCUT2D eigenvalue weighted by atomic mass is 16.5. The fourth-order valence-corrected chi connectivity index (χ4v) is 0.877. The first kappa shape index (κ1) is 8.87. The Morgan fingerprint density at radius 2 is 2.17 bits per heavy atom. The highest BCUT2D eigenvalue weighted by Gasteiger charge is 2.03. The fourth-order valence-electron chi connectivity index (χ4n) is 0.877. The Bertz CT molecular complexity index is 246. The van der Waals surface area contributed by atoms with Crippen molar-refractivity contribution in [2.45, 2.75) is 6.42 Å². The molecular formula is C9H11NO2. The summed E-state index contributed by atoms with van der Waals surface area (Å²) >= 11 is 0. The topological polar surface area (TPSA) is 39.2 Å². The van der Waals surface area contributed by atoms with E-state index >= 15 is 0 Å². The first-order valence-electron chi connectivity index (χ1n) is 3.77. The van der Waals surface area contributed by atoms with Gasteiger partial charge in [0.1, 0.15) is 0 Å². The maximum atomic E-state index is 11.3. The fraction of sp³-hybridized carbons (Fsp3) is 0.333. The van der Waals surface area contributed by atoms with Crippen LogP contribution in [0, 0.1) is 0 Å². The molecule has 0 radical (unpaired) electrons. The van der Waals surface area contributed by atoms with Crippen molar-refractivity contribution in [1.29, 1.82) is 0 Å². The molecular weight excluding hydrogens is 154 g/mol. The van der Waals surface area contributed by atoms with Crippen molar-refractivity contribution in [1.82, 2.24) is 4.98 Å². The standard InChI is InChI=1S/C9H11NO2/c1-12-7-4-9(11)8-2-5-10-6-3-8/h2-3,5-6H,4,7H2,1H3. The van der Waals surface area contributed by atoms with Gasteiger partial charge in [0.15, 0.2) is 5.78 Å². The molecule has 0 aromatic carbocycles. The second-order valence-corrected chi connectivity index (χ2v) is 2.40. The van der Waals surface area contributed by atoms with Crippen LogP contribution >= 0.6 is 0 Å². The van der Waals surface area contributed by atoms with Gasteiger partial charge in [0.2, 0.25) is 0 Å². The highest BCUT2D eigenvalue weighted by molar-refractivity contribution is 5.95. The predicted octanol–water partition coefficient (Wildman–Crippen LogP) is 1.30. The van der Waals surface area contributed by atoms with E-state index in [0.29, 0.717) is 18.6 Å². The number of ether oxygens (including phenoxy) is 1. The molecule has 1 aromatic rings. The Hall–Kier alpha value is -1.22. The van der Waals surface area contributed by atoms with Gasteiger partial charge in [-0.15, -0.1) is 0 Å². The second-order valence-electron chi connectivity index (χ2n) is 2.40. The van der Waals surface area contributed by atoms with Gasteiger partial charge in [-0.25, -0.2) is 0 Å². The molecule has 0 saturated carbocycles. The van der Waals surface area contributed by atoms with Crippen LogP contribution < -0.4 is 0 Å². The summed E-state index contributed by atoms with van der Waals surface area (Å²) in [6, 6.07) is 3.41. The van der Waals surface area contributed by atoms with Gasteiger partial charge in [-0.05, 0) is 12.1 Å². The average Bonchev–Trinajstić information content (AvgIpc) is 2.15. The monoisotopic (exact) mass is 165 g/mol. The van der Waals surface area contributed by atoms with Gasteiger partial charge < -0.3 is 4.74 Å². The first-order valence-corrected chi connectivity index (χ1v) is 3.77. The molecule has 0 saturated heterocycles. The summed E-state index contributed by atoms with van der Waals surface area (Å²) in [5, 5.41) is 0. The van der Waals surface area contributed by atoms with E-state index < -0.39 is 0 Å². The van der Waals surface area contributed by atoms with Crippen molar-refractivity contribution in [3.05, 3.63) is 30.1 Å². The van der Waals surface area contributed by atoms with Crippen LogP contribution in [-0.2, 0) is 4.74 Å². The molecule has 0 bridgehead atoms. The van der Waals surface area contributed by atoms with E-state index in [1.165, 1.54) is 0 Å². The second kappa shape index (κ2) is 4.62. The molecule has 1 aromatic heterocycles. The lowest BCUT2D eigenvalue weighted by molar-refractivity contribution is 0.0932. The molecule has 3 nitrogen and oxygen atoms in total. The Labute approximate surface area is 71.4 Å². The molecule has 0 N–H and O–H groups in total. The molecule has 0 unspecified atom stereocenters. The number of pyridine rings is 1. The van der Waals surface area contributed by atoms with E-state index in [-0.39, 0.29) is 5.78 Å². The van der Waals surface area contributed by atoms with Crippen LogP contribution in [0.25, 0.3) is 0 Å². The number of Topliss-reactive ketones (excluding diaryl/α,β-unsaturated/α-hetero) is 1. The van der Waals surface area contributed by atoms with Gasteiger partial charge in [0.05, 0.1) is 6.61 Å². The van der Waals surface area contributed by atoms with Crippen molar-refractivity contribution in [3.8, 4) is 0 Å². The molecule has 0 spiro atoms. The van der Waals surface area contributed by atoms with Crippen LogP contribution in [0.1, 0.15) is 16.8 Å². The number of hydrogen-bond acceptors (Lipinski definition) is 3. The Morgan fingerprint density at radius 3 is 2.75 bits per heavy atom. The van der Waals surface area contributed by atoms with Crippen LogP contribution in [0.5, 0.6) is 0 Å². The quantitative estimate of drug-likeness (QED) is 0.631. The van der Waals surface area contributed by atoms with Crippen molar-refractivity contribution in [2.75, 3.05) is 13.7 Å². The Kier molecular flexibility index (Phi) is 3.41. The van der Waals surface area contributed by atoms with Crippen molar-refractivity contribution in [2.24, 2.45) is 0 Å². The number of hydrogen-bond donors (Lipinski definition) is 0. The summed E-state index contributed by atoms with van der Waals surface area (Å²) in [4.78, 5) is 15.1. The molecule has 0 aliphatic heterocycles. The molecule has 1 heterocycles. The van der Waals surface area contributed by atoms with Crippen LogP contribution in [-0.4, -0.2) is 24.5 Å². The largest absolute Gasteiger partial charge is 0.384 e. The summed E-state index contributed by atoms with van der Waals surface area (Å²) in [5.74, 6) is 0.0965. The van der Waals surface area contributed by atoms with Crippen LogP contribution in [0.3, 0.4) is 0 Å². The molecule has 0 amide bonds. The Balaban J connectivity index is 2.54. The molecule has 12 heavy (non-hydrogen) atoms. The van der Waals surface area contributed by atoms with E-state index in [1.807, 2.05) is 0 Å². The smallest absolute Gasteiger partial charge is 0.165 e. The molecule has 0 aliphatic carbocycles. The van der Waals surface area contributed by atoms with Crippen molar-refractivity contribution >= 4 is 5.78 Å². The zero-order valence-corrected chi connectivity index (χ0v) is 6.99. The van der Waals surface area contributed by atoms with E-state index in [1.54, 1.807) is 31.6 Å². The third kappa shape index (κ3) is 2.43. The van der Waals surface area contributed by atoms with Gasteiger partial charge in [0.25, 0.3) is 0 Å². The highest BCUT2D eigenvalue weighted by Crippen LogP contribution is 2.00. The molecule has 3 heteroatoms. The number of carbonyl (C=O) groups is 1. The van der Waals surface area contributed by atoms with E-state index in [2.05, 4.69) is 4.98 Å². The summed E-state index contributed by atoms with van der Waals surface area (Å²) in [7, 11) is 1.58. The summed E-state index contributed by atoms with van der Waals surface area (Å²) in [5.41, 5.74) is 0.696. The first-order chi connectivity index (χ1) is 5.84. The maximum Gasteiger partial charge on any atom is 0.165 e. The van der Waals surface area contributed by atoms with Crippen LogP contribution in [0.15, 0.2) is 24.5 Å². The number of nitrogens with zero attached hydrogens (tertiary/aromatic N) is 1. The normalized spacial score (nSPS) is 9.75. The van der Waals surface area contributed by atoms with Crippen LogP contribution in [0.4, 0.5) is 0 Å². The lowest BCUT2D eigenvalue weighted by Gasteiger charge is -1.98. The third-order valence-corrected chi connectivity index (χ3v) is 1.54. The molecule has 0 fully saturated rings. The minimum absolute atomic E-state index is 0.0965. The lowest BCUT2D eigenvalue weighted by Crippen LogP contribution is -2.02. The maximum absolute atomic E-state index is 11.3. The van der Waals surface area contributed by atoms with Crippen LogP contribution in [0.2, 0.25) is 0 Å². The number of methoxy groups -OCH3 is 1. The summed E-state index contributed by atoms with van der Waals surface area (Å²) in [6.07, 6.45) is 3.65. The minimum atomic E-state index is 0.0965. The zero-order valence-electron chi connectivity index (χ0n) is 6.99. The number of aromatic nitrogens is 1. The number of carbonyl (C=O) groups excluding carboxylic acids is 1. The van der Waals surface area contributed by atoms with Crippen molar-refractivity contribution in [3.63, 3.8) is 0 Å². The molecule has 0 atom stereocenters. The zero-order chi connectivity index (χ0) is 8.81. The summed E-state index contributed by atoms with van der Waals surface area (Å²) in [6.45, 7) is 0.473. The van der Waals surface area contributed by atoms with Gasteiger partial charge in [0, 0.05) is 31.5 Å². The SMILES string of the molecule is COCCC(=O)c1ccncc1. The molecule has 0 aliphatic rings. The van der Waals surface area contributed by atoms with Gasteiger partial charge >= 0.3 is 0 Å². The molecule has 1 rings (SSSR count). The number of ketones is 1. The summed E-state index contributed by atoms with van der Waals surface area (Å²) < 4.78 is 4.80. The lowest BCUT2D eigenvalue weighted by atomic mass is 10.1. The van der Waals surface area contributed by atoms with E-state index in [4.69, 9.17) is 4.74 Å². The third-order valence-electron chi connectivity index (χ3n) is 1.54. The van der Waals surface area contributed by atoms with Gasteiger partial charge in [-0.3, -0.25) is 9.78 Å². The Morgan fingerprint density at radius 1 is 1.50 bits per heavy atom. The van der Waals surface area contributed by atoms with Gasteiger partial charge in [-0.2, -0.15) is 0 Å². The number of rotatable bonds is 4. The predicted molar refractivity (Wildman–Crippen MR) is 45.1 cm³/mol. The average molecular weight is 165 g/mol. The molecule has 64 valence electrons. The minimum Gasteiger partial charge on any atom is -0.384 e. The van der Waals surface area contributed by atoms with E-state index in [9.17, 15) is 4.79 Å². The van der Waals surface area contributed by atoms with Gasteiger partial charge in [-0.1, -0.05) is 0 Å². The van der Waals surface area contributed by atoms with Crippen molar-refractivity contribution < 1.29 is 9.53 Å². The van der Waals surface area contributed by atoms with E-state index in [0.717, 1.165) is 0 Å².